The highest BCUT2D eigenvalue weighted by atomic mass is 16.1. The lowest BCUT2D eigenvalue weighted by molar-refractivity contribution is 0.102. The van der Waals surface area contributed by atoms with Crippen molar-refractivity contribution in [2.75, 3.05) is 10.6 Å². The highest BCUT2D eigenvalue weighted by Gasteiger charge is 2.13. The van der Waals surface area contributed by atoms with Crippen molar-refractivity contribution in [2.24, 2.45) is 0 Å². The van der Waals surface area contributed by atoms with Crippen molar-refractivity contribution in [1.29, 1.82) is 0 Å². The summed E-state index contributed by atoms with van der Waals surface area (Å²) in [5, 5.41) is 6.59. The highest BCUT2D eigenvalue weighted by molar-refractivity contribution is 6.08. The van der Waals surface area contributed by atoms with E-state index in [1.807, 2.05) is 42.5 Å². The van der Waals surface area contributed by atoms with Crippen molar-refractivity contribution in [3.8, 4) is 0 Å². The van der Waals surface area contributed by atoms with Gasteiger partial charge >= 0.3 is 0 Å². The van der Waals surface area contributed by atoms with Gasteiger partial charge in [0.1, 0.15) is 5.82 Å². The number of carbonyl (C=O) groups excluding carboxylic acids is 1. The number of rotatable bonds is 4. The van der Waals surface area contributed by atoms with Crippen LogP contribution in [-0.4, -0.2) is 20.3 Å². The Hall–Kier alpha value is -4.52. The number of para-hydroxylation sites is 3. The summed E-state index contributed by atoms with van der Waals surface area (Å²) in [5.41, 5.74) is 2.18. The summed E-state index contributed by atoms with van der Waals surface area (Å²) in [7, 11) is 0. The number of hydrogen-bond acceptors (Lipinski definition) is 5. The second kappa shape index (κ2) is 7.72. The van der Waals surface area contributed by atoms with Crippen molar-refractivity contribution < 1.29 is 4.79 Å². The van der Waals surface area contributed by atoms with Gasteiger partial charge in [-0.1, -0.05) is 42.5 Å². The van der Waals surface area contributed by atoms with Gasteiger partial charge < -0.3 is 10.6 Å². The zero-order valence-corrected chi connectivity index (χ0v) is 16.3. The van der Waals surface area contributed by atoms with Crippen LogP contribution in [-0.2, 0) is 0 Å². The Morgan fingerprint density at radius 3 is 2.42 bits per heavy atom. The third-order valence-corrected chi connectivity index (χ3v) is 4.86. The van der Waals surface area contributed by atoms with Gasteiger partial charge in [-0.2, -0.15) is 4.98 Å². The summed E-state index contributed by atoms with van der Waals surface area (Å²) in [6.45, 7) is 0. The lowest BCUT2D eigenvalue weighted by atomic mass is 10.1. The Labute approximate surface area is 177 Å². The molecule has 5 rings (SSSR count). The Bertz CT molecular complexity index is 1480. The molecule has 0 spiro atoms. The van der Waals surface area contributed by atoms with Crippen LogP contribution in [0.3, 0.4) is 0 Å². The predicted molar refractivity (Wildman–Crippen MR) is 121 cm³/mol. The van der Waals surface area contributed by atoms with Crippen LogP contribution >= 0.6 is 0 Å². The summed E-state index contributed by atoms with van der Waals surface area (Å²) >= 11 is 0. The first-order valence-electron chi connectivity index (χ1n) is 9.70. The quantitative estimate of drug-likeness (QED) is 0.435. The van der Waals surface area contributed by atoms with Gasteiger partial charge in [0, 0.05) is 11.9 Å². The molecule has 0 unspecified atom stereocenters. The fourth-order valence-corrected chi connectivity index (χ4v) is 3.36. The molecule has 2 aromatic heterocycles. The standard InChI is InChI=1S/C24H17N5O2/c30-22(25-16-8-2-1-3-9-16)17-10-4-6-12-19(17)26-21-14-15-29-23(31)18-11-5-7-13-20(18)27-24(29)28-21/h1-15H,(H,25,30)(H,26,27,28). The molecular formula is C24H17N5O2. The van der Waals surface area contributed by atoms with Crippen molar-refractivity contribution in [2.45, 2.75) is 0 Å². The monoisotopic (exact) mass is 407 g/mol. The first-order valence-corrected chi connectivity index (χ1v) is 9.70. The number of fused-ring (bicyclic) bond motifs is 2. The minimum absolute atomic E-state index is 0.178. The van der Waals surface area contributed by atoms with E-state index in [1.165, 1.54) is 4.40 Å². The summed E-state index contributed by atoms with van der Waals surface area (Å²) in [4.78, 5) is 34.4. The SMILES string of the molecule is O=C(Nc1ccccc1)c1ccccc1Nc1ccn2c(=O)c3ccccc3nc2n1. The van der Waals surface area contributed by atoms with E-state index in [2.05, 4.69) is 20.6 Å². The first kappa shape index (κ1) is 18.5. The fourth-order valence-electron chi connectivity index (χ4n) is 3.36. The maximum Gasteiger partial charge on any atom is 0.266 e. The van der Waals surface area contributed by atoms with Gasteiger partial charge in [0.25, 0.3) is 11.5 Å². The Kier molecular flexibility index (Phi) is 4.61. The lowest BCUT2D eigenvalue weighted by Crippen LogP contribution is -2.17. The van der Waals surface area contributed by atoms with E-state index in [1.54, 1.807) is 48.7 Å². The Balaban J connectivity index is 1.49. The van der Waals surface area contributed by atoms with Gasteiger partial charge in [0.05, 0.1) is 22.2 Å². The molecule has 2 N–H and O–H groups in total. The van der Waals surface area contributed by atoms with Crippen LogP contribution in [0.25, 0.3) is 16.7 Å². The molecule has 0 aliphatic heterocycles. The van der Waals surface area contributed by atoms with Crippen LogP contribution in [0.1, 0.15) is 10.4 Å². The second-order valence-corrected chi connectivity index (χ2v) is 6.91. The highest BCUT2D eigenvalue weighted by Crippen LogP contribution is 2.21. The Morgan fingerprint density at radius 2 is 1.55 bits per heavy atom. The maximum absolute atomic E-state index is 12.8. The topological polar surface area (TPSA) is 88.4 Å². The van der Waals surface area contributed by atoms with Crippen LogP contribution in [0.5, 0.6) is 0 Å². The average molecular weight is 407 g/mol. The van der Waals surface area contributed by atoms with Crippen LogP contribution in [0.4, 0.5) is 17.2 Å². The van der Waals surface area contributed by atoms with E-state index in [0.29, 0.717) is 33.7 Å². The smallest absolute Gasteiger partial charge is 0.266 e. The molecule has 0 aliphatic carbocycles. The zero-order valence-electron chi connectivity index (χ0n) is 16.3. The number of aromatic nitrogens is 3. The van der Waals surface area contributed by atoms with Crippen LogP contribution in [0.2, 0.25) is 0 Å². The maximum atomic E-state index is 12.8. The van der Waals surface area contributed by atoms with E-state index < -0.39 is 0 Å². The van der Waals surface area contributed by atoms with Gasteiger partial charge in [-0.25, -0.2) is 4.98 Å². The van der Waals surface area contributed by atoms with Crippen molar-refractivity contribution in [3.63, 3.8) is 0 Å². The van der Waals surface area contributed by atoms with Crippen LogP contribution in [0, 0.1) is 0 Å². The summed E-state index contributed by atoms with van der Waals surface area (Å²) in [6, 6.07) is 25.2. The minimum Gasteiger partial charge on any atom is -0.339 e. The number of nitrogens with zero attached hydrogens (tertiary/aromatic N) is 3. The zero-order chi connectivity index (χ0) is 21.2. The number of carbonyl (C=O) groups is 1. The van der Waals surface area contributed by atoms with Crippen LogP contribution < -0.4 is 16.2 Å². The molecule has 1 amide bonds. The van der Waals surface area contributed by atoms with E-state index in [0.717, 1.165) is 0 Å². The van der Waals surface area contributed by atoms with Gasteiger partial charge in [0.2, 0.25) is 5.78 Å². The van der Waals surface area contributed by atoms with E-state index >= 15 is 0 Å². The molecule has 0 aliphatic rings. The van der Waals surface area contributed by atoms with Crippen LogP contribution in [0.15, 0.2) is 95.9 Å². The number of anilines is 3. The predicted octanol–water partition coefficient (Wildman–Crippen LogP) is 4.24. The van der Waals surface area contributed by atoms with E-state index in [-0.39, 0.29) is 17.2 Å². The lowest BCUT2D eigenvalue weighted by Gasteiger charge is -2.12. The van der Waals surface area contributed by atoms with Gasteiger partial charge in [-0.3, -0.25) is 14.0 Å². The first-order chi connectivity index (χ1) is 15.2. The van der Waals surface area contributed by atoms with Gasteiger partial charge in [-0.15, -0.1) is 0 Å². The minimum atomic E-state index is -0.240. The molecule has 0 radical (unpaired) electrons. The molecule has 0 saturated heterocycles. The molecule has 31 heavy (non-hydrogen) atoms. The summed E-state index contributed by atoms with van der Waals surface area (Å²) < 4.78 is 1.40. The normalized spacial score (nSPS) is 10.8. The molecule has 7 nitrogen and oxygen atoms in total. The number of benzene rings is 3. The number of nitrogens with one attached hydrogen (secondary N) is 2. The third kappa shape index (κ3) is 3.60. The van der Waals surface area contributed by atoms with Crippen molar-refractivity contribution >= 4 is 39.8 Å². The molecule has 0 bridgehead atoms. The molecule has 7 heteroatoms. The van der Waals surface area contributed by atoms with Crippen molar-refractivity contribution in [1.82, 2.24) is 14.4 Å². The largest absolute Gasteiger partial charge is 0.339 e. The molecule has 0 fully saturated rings. The van der Waals surface area contributed by atoms with Gasteiger partial charge in [-0.05, 0) is 42.5 Å². The molecule has 0 saturated carbocycles. The number of hydrogen-bond donors (Lipinski definition) is 2. The van der Waals surface area contributed by atoms with Gasteiger partial charge in [0.15, 0.2) is 0 Å². The summed E-state index contributed by atoms with van der Waals surface area (Å²) in [5.74, 6) is 0.512. The molecule has 5 aromatic rings. The Morgan fingerprint density at radius 1 is 0.806 bits per heavy atom. The van der Waals surface area contributed by atoms with E-state index in [4.69, 9.17) is 0 Å². The number of amides is 1. The second-order valence-electron chi connectivity index (χ2n) is 6.91. The molecule has 0 atom stereocenters. The summed E-state index contributed by atoms with van der Waals surface area (Å²) in [6.07, 6.45) is 1.62. The fraction of sp³-hybridized carbons (Fsp3) is 0. The molecule has 2 heterocycles. The van der Waals surface area contributed by atoms with Crippen molar-refractivity contribution in [3.05, 3.63) is 107 Å². The molecule has 3 aromatic carbocycles. The molecular weight excluding hydrogens is 390 g/mol. The third-order valence-electron chi connectivity index (χ3n) is 4.86. The van der Waals surface area contributed by atoms with E-state index in [9.17, 15) is 9.59 Å². The average Bonchev–Trinajstić information content (AvgIpc) is 2.80. The molecule has 150 valence electrons.